The van der Waals surface area contributed by atoms with Gasteiger partial charge in [-0.1, -0.05) is 60.7 Å². The summed E-state index contributed by atoms with van der Waals surface area (Å²) >= 11 is 0. The van der Waals surface area contributed by atoms with Gasteiger partial charge in [0.1, 0.15) is 12.7 Å². The fourth-order valence-corrected chi connectivity index (χ4v) is 3.52. The van der Waals surface area contributed by atoms with Gasteiger partial charge in [0, 0.05) is 32.3 Å². The van der Waals surface area contributed by atoms with E-state index in [1.807, 2.05) is 30.3 Å². The van der Waals surface area contributed by atoms with E-state index in [1.165, 1.54) is 24.3 Å². The summed E-state index contributed by atoms with van der Waals surface area (Å²) in [5.41, 5.74) is -2.40. The van der Waals surface area contributed by atoms with E-state index in [4.69, 9.17) is 14.2 Å². The predicted molar refractivity (Wildman–Crippen MR) is 104 cm³/mol. The fourth-order valence-electron chi connectivity index (χ4n) is 3.52. The summed E-state index contributed by atoms with van der Waals surface area (Å²) in [4.78, 5) is 14.7. The highest BCUT2D eigenvalue weighted by Gasteiger charge is 2.64. The van der Waals surface area contributed by atoms with Crippen LogP contribution in [0.2, 0.25) is 0 Å². The molecule has 0 aliphatic carbocycles. The molecule has 8 heteroatoms. The molecule has 3 rings (SSSR count). The first-order chi connectivity index (χ1) is 14.4. The van der Waals surface area contributed by atoms with Crippen molar-refractivity contribution in [1.29, 1.82) is 0 Å². The maximum absolute atomic E-state index is 13.9. The molecule has 30 heavy (non-hydrogen) atoms. The lowest BCUT2D eigenvalue weighted by atomic mass is 9.93. The van der Waals surface area contributed by atoms with Crippen molar-refractivity contribution in [2.24, 2.45) is 0 Å². The number of methoxy groups -OCH3 is 1. The van der Waals surface area contributed by atoms with E-state index < -0.39 is 23.9 Å². The SMILES string of the molecule is CO[C@@](C(=O)OC[C@H]1CN(Cc2ccccc2)CCO1)(c1ccccc1)C(F)(F)F. The van der Waals surface area contributed by atoms with Gasteiger partial charge in [-0.3, -0.25) is 4.90 Å². The largest absolute Gasteiger partial charge is 0.460 e. The number of hydrogen-bond acceptors (Lipinski definition) is 5. The molecule has 1 heterocycles. The third-order valence-electron chi connectivity index (χ3n) is 5.05. The zero-order chi connectivity index (χ0) is 21.6. The Morgan fingerprint density at radius 3 is 2.33 bits per heavy atom. The summed E-state index contributed by atoms with van der Waals surface area (Å²) in [6, 6.07) is 16.6. The molecule has 0 radical (unpaired) electrons. The van der Waals surface area contributed by atoms with Crippen LogP contribution in [-0.2, 0) is 31.2 Å². The van der Waals surface area contributed by atoms with Crippen molar-refractivity contribution in [1.82, 2.24) is 4.90 Å². The molecule has 0 N–H and O–H groups in total. The van der Waals surface area contributed by atoms with E-state index in [0.29, 0.717) is 26.2 Å². The van der Waals surface area contributed by atoms with E-state index >= 15 is 0 Å². The maximum atomic E-state index is 13.9. The number of halogens is 3. The third-order valence-corrected chi connectivity index (χ3v) is 5.05. The second-order valence-corrected chi connectivity index (χ2v) is 7.06. The van der Waals surface area contributed by atoms with E-state index in [2.05, 4.69) is 4.90 Å². The van der Waals surface area contributed by atoms with Gasteiger partial charge in [-0.05, 0) is 5.56 Å². The molecule has 1 aliphatic heterocycles. The molecule has 0 saturated carbocycles. The quantitative estimate of drug-likeness (QED) is 0.638. The Labute approximate surface area is 173 Å². The number of esters is 1. The number of morpholine rings is 1. The molecule has 2 aromatic carbocycles. The number of nitrogens with zero attached hydrogens (tertiary/aromatic N) is 1. The van der Waals surface area contributed by atoms with Gasteiger partial charge in [0.05, 0.1) is 6.61 Å². The van der Waals surface area contributed by atoms with Crippen LogP contribution in [0.4, 0.5) is 13.2 Å². The van der Waals surface area contributed by atoms with Gasteiger partial charge in [0.15, 0.2) is 0 Å². The number of benzene rings is 2. The summed E-state index contributed by atoms with van der Waals surface area (Å²) in [6.07, 6.45) is -5.52. The van der Waals surface area contributed by atoms with Gasteiger partial charge < -0.3 is 14.2 Å². The lowest BCUT2D eigenvalue weighted by Crippen LogP contribution is -2.53. The van der Waals surface area contributed by atoms with Crippen molar-refractivity contribution in [2.75, 3.05) is 33.4 Å². The van der Waals surface area contributed by atoms with Crippen LogP contribution in [0.25, 0.3) is 0 Å². The minimum absolute atomic E-state index is 0.294. The van der Waals surface area contributed by atoms with E-state index in [1.54, 1.807) is 6.07 Å². The van der Waals surface area contributed by atoms with Crippen molar-refractivity contribution in [2.45, 2.75) is 24.4 Å². The van der Waals surface area contributed by atoms with Crippen LogP contribution in [-0.4, -0.2) is 56.6 Å². The average molecular weight is 423 g/mol. The molecule has 2 atom stereocenters. The maximum Gasteiger partial charge on any atom is 0.432 e. The number of rotatable bonds is 7. The summed E-state index contributed by atoms with van der Waals surface area (Å²) < 4.78 is 57.2. The van der Waals surface area contributed by atoms with Crippen molar-refractivity contribution in [3.63, 3.8) is 0 Å². The molecule has 0 aromatic heterocycles. The first kappa shape index (κ1) is 22.3. The molecule has 1 aliphatic rings. The standard InChI is InChI=1S/C22H24F3NO4/c1-28-21(22(23,24)25,18-10-6-3-7-11-18)20(27)30-16-19-15-26(12-13-29-19)14-17-8-4-2-5-9-17/h2-11,19H,12-16H2,1H3/t19-,21-/m1/s1. The molecule has 1 saturated heterocycles. The highest BCUT2D eigenvalue weighted by molar-refractivity contribution is 5.82. The van der Waals surface area contributed by atoms with Crippen molar-refractivity contribution < 1.29 is 32.2 Å². The van der Waals surface area contributed by atoms with Crippen LogP contribution < -0.4 is 0 Å². The third kappa shape index (κ3) is 4.83. The monoisotopic (exact) mass is 423 g/mol. The molecule has 0 unspecified atom stereocenters. The Morgan fingerprint density at radius 1 is 1.10 bits per heavy atom. The highest BCUT2D eigenvalue weighted by atomic mass is 19.4. The highest BCUT2D eigenvalue weighted by Crippen LogP contribution is 2.43. The zero-order valence-electron chi connectivity index (χ0n) is 16.6. The molecule has 162 valence electrons. The van der Waals surface area contributed by atoms with E-state index in [9.17, 15) is 18.0 Å². The average Bonchev–Trinajstić information content (AvgIpc) is 2.74. The number of ether oxygens (including phenoxy) is 3. The Hall–Kier alpha value is -2.42. The Morgan fingerprint density at radius 2 is 1.73 bits per heavy atom. The van der Waals surface area contributed by atoms with Crippen molar-refractivity contribution in [3.8, 4) is 0 Å². The molecule has 0 spiro atoms. The van der Waals surface area contributed by atoms with Crippen LogP contribution in [0.15, 0.2) is 60.7 Å². The van der Waals surface area contributed by atoms with E-state index in [0.717, 1.165) is 12.7 Å². The summed E-state index contributed by atoms with van der Waals surface area (Å²) in [7, 11) is 0.848. The number of carbonyl (C=O) groups excluding carboxylic acids is 1. The molecule has 1 fully saturated rings. The molecular formula is C22H24F3NO4. The first-order valence-electron chi connectivity index (χ1n) is 9.59. The van der Waals surface area contributed by atoms with Crippen molar-refractivity contribution >= 4 is 5.97 Å². The lowest BCUT2D eigenvalue weighted by Gasteiger charge is -2.35. The van der Waals surface area contributed by atoms with Gasteiger partial charge >= 0.3 is 12.1 Å². The van der Waals surface area contributed by atoms with Gasteiger partial charge in [0.25, 0.3) is 5.60 Å². The second kappa shape index (κ2) is 9.59. The van der Waals surface area contributed by atoms with Crippen LogP contribution >= 0.6 is 0 Å². The minimum Gasteiger partial charge on any atom is -0.460 e. The Kier molecular flexibility index (Phi) is 7.12. The molecule has 0 amide bonds. The van der Waals surface area contributed by atoms with Gasteiger partial charge in [-0.15, -0.1) is 0 Å². The number of hydrogen-bond donors (Lipinski definition) is 0. The zero-order valence-corrected chi connectivity index (χ0v) is 16.6. The minimum atomic E-state index is -4.99. The fraction of sp³-hybridized carbons (Fsp3) is 0.409. The molecule has 0 bridgehead atoms. The Balaban J connectivity index is 1.66. The smallest absolute Gasteiger partial charge is 0.432 e. The summed E-state index contributed by atoms with van der Waals surface area (Å²) in [5.74, 6) is -1.51. The number of carbonyl (C=O) groups is 1. The molecule has 2 aromatic rings. The predicted octanol–water partition coefficient (Wildman–Crippen LogP) is 3.53. The Bertz CT molecular complexity index is 816. The first-order valence-corrected chi connectivity index (χ1v) is 9.59. The van der Waals surface area contributed by atoms with E-state index in [-0.39, 0.29) is 12.2 Å². The topological polar surface area (TPSA) is 48.0 Å². The van der Waals surface area contributed by atoms with Gasteiger partial charge in [0.2, 0.25) is 0 Å². The summed E-state index contributed by atoms with van der Waals surface area (Å²) in [5, 5.41) is 0. The lowest BCUT2D eigenvalue weighted by molar-refractivity contribution is -0.277. The van der Waals surface area contributed by atoms with Gasteiger partial charge in [-0.25, -0.2) is 4.79 Å². The van der Waals surface area contributed by atoms with Crippen molar-refractivity contribution in [3.05, 3.63) is 71.8 Å². The number of alkyl halides is 3. The molecular weight excluding hydrogens is 399 g/mol. The van der Waals surface area contributed by atoms with Crippen LogP contribution in [0.5, 0.6) is 0 Å². The summed E-state index contributed by atoms with van der Waals surface area (Å²) in [6.45, 7) is 1.93. The van der Waals surface area contributed by atoms with Crippen LogP contribution in [0, 0.1) is 0 Å². The second-order valence-electron chi connectivity index (χ2n) is 7.06. The van der Waals surface area contributed by atoms with Crippen LogP contribution in [0.1, 0.15) is 11.1 Å². The molecule has 5 nitrogen and oxygen atoms in total. The normalized spacial score (nSPS) is 19.8. The van der Waals surface area contributed by atoms with Crippen LogP contribution in [0.3, 0.4) is 0 Å². The van der Waals surface area contributed by atoms with Gasteiger partial charge in [-0.2, -0.15) is 13.2 Å².